The fourth-order valence-corrected chi connectivity index (χ4v) is 2.95. The van der Waals surface area contributed by atoms with E-state index in [1.54, 1.807) is 6.07 Å². The molecule has 3 rings (SSSR count). The molecule has 1 aromatic heterocycles. The van der Waals surface area contributed by atoms with Crippen molar-refractivity contribution >= 4 is 17.8 Å². The van der Waals surface area contributed by atoms with Gasteiger partial charge in [-0.3, -0.25) is 19.9 Å². The monoisotopic (exact) mass is 292 g/mol. The molecule has 1 saturated carbocycles. The molecule has 0 atom stereocenters. The van der Waals surface area contributed by atoms with Crippen LogP contribution in [0.15, 0.2) is 16.5 Å². The van der Waals surface area contributed by atoms with Gasteiger partial charge in [-0.2, -0.15) is 0 Å². The maximum atomic E-state index is 12.4. The quantitative estimate of drug-likeness (QED) is 0.319. The highest BCUT2D eigenvalue weighted by Crippen LogP contribution is 2.35. The third-order valence-electron chi connectivity index (χ3n) is 4.03. The molecule has 4 amide bonds. The van der Waals surface area contributed by atoms with Gasteiger partial charge >= 0.3 is 11.9 Å². The van der Waals surface area contributed by atoms with E-state index in [4.69, 9.17) is 10.3 Å². The van der Waals surface area contributed by atoms with Gasteiger partial charge in [0, 0.05) is 0 Å². The zero-order valence-electron chi connectivity index (χ0n) is 11.3. The summed E-state index contributed by atoms with van der Waals surface area (Å²) in [5, 5.41) is 2.79. The number of nitrogens with two attached hydrogens (primary N) is 1. The molecule has 1 spiro atoms. The van der Waals surface area contributed by atoms with Crippen LogP contribution in [0.4, 0.5) is 4.79 Å². The normalized spacial score (nSPS) is 20.1. The Bertz CT molecular complexity index is 603. The van der Waals surface area contributed by atoms with Crippen molar-refractivity contribution in [3.63, 3.8) is 0 Å². The number of nitrogens with zero attached hydrogens (tertiary/aromatic N) is 1. The lowest BCUT2D eigenvalue weighted by atomic mass is 9.98. The van der Waals surface area contributed by atoms with Gasteiger partial charge in [-0.1, -0.05) is 12.8 Å². The molecular weight excluding hydrogens is 276 g/mol. The Morgan fingerprint density at radius 3 is 2.76 bits per heavy atom. The third-order valence-corrected chi connectivity index (χ3v) is 4.03. The fraction of sp³-hybridized carbons (Fsp3) is 0.462. The van der Waals surface area contributed by atoms with Crippen LogP contribution in [0, 0.1) is 0 Å². The Hall–Kier alpha value is -2.35. The van der Waals surface area contributed by atoms with Gasteiger partial charge in [0.1, 0.15) is 11.3 Å². The van der Waals surface area contributed by atoms with Gasteiger partial charge in [0.05, 0.1) is 6.54 Å². The predicted molar refractivity (Wildman–Crippen MR) is 70.6 cm³/mol. The molecule has 1 aliphatic heterocycles. The number of urea groups is 1. The van der Waals surface area contributed by atoms with Crippen molar-refractivity contribution in [2.75, 3.05) is 0 Å². The van der Waals surface area contributed by atoms with Crippen LogP contribution >= 0.6 is 0 Å². The van der Waals surface area contributed by atoms with E-state index in [9.17, 15) is 14.4 Å². The van der Waals surface area contributed by atoms with Crippen LogP contribution in [-0.2, 0) is 11.3 Å². The molecule has 1 aliphatic carbocycles. The molecule has 1 aromatic rings. The van der Waals surface area contributed by atoms with E-state index < -0.39 is 17.5 Å². The molecule has 2 aliphatic rings. The number of hydrogen-bond acceptors (Lipinski definition) is 5. The van der Waals surface area contributed by atoms with Crippen LogP contribution in [0.25, 0.3) is 0 Å². The Morgan fingerprint density at radius 2 is 2.10 bits per heavy atom. The van der Waals surface area contributed by atoms with Crippen molar-refractivity contribution in [1.82, 2.24) is 15.6 Å². The molecule has 0 radical (unpaired) electrons. The SMILES string of the molecule is NNC(=O)c1ccc(CN2C(=O)NC3(CCCC3)C2=O)o1. The molecule has 2 heterocycles. The number of carbonyl (C=O) groups excluding carboxylic acids is 3. The molecule has 0 aromatic carbocycles. The zero-order chi connectivity index (χ0) is 15.0. The van der Waals surface area contributed by atoms with Crippen LogP contribution in [0.1, 0.15) is 42.0 Å². The summed E-state index contributed by atoms with van der Waals surface area (Å²) in [7, 11) is 0. The van der Waals surface area contributed by atoms with Gasteiger partial charge in [-0.15, -0.1) is 0 Å². The van der Waals surface area contributed by atoms with E-state index in [-0.39, 0.29) is 18.2 Å². The Balaban J connectivity index is 1.76. The summed E-state index contributed by atoms with van der Waals surface area (Å²) in [6.45, 7) is 0.00423. The molecule has 4 N–H and O–H groups in total. The molecular formula is C13H16N4O4. The highest BCUT2D eigenvalue weighted by atomic mass is 16.4. The zero-order valence-corrected chi connectivity index (χ0v) is 11.3. The lowest BCUT2D eigenvalue weighted by molar-refractivity contribution is -0.131. The average Bonchev–Trinajstić information content (AvgIpc) is 3.17. The summed E-state index contributed by atoms with van der Waals surface area (Å²) in [4.78, 5) is 36.9. The molecule has 21 heavy (non-hydrogen) atoms. The second-order valence-electron chi connectivity index (χ2n) is 5.35. The highest BCUT2D eigenvalue weighted by Gasteiger charge is 2.52. The summed E-state index contributed by atoms with van der Waals surface area (Å²) in [6, 6.07) is 2.58. The minimum Gasteiger partial charge on any atom is -0.454 e. The smallest absolute Gasteiger partial charge is 0.325 e. The lowest BCUT2D eigenvalue weighted by Crippen LogP contribution is -2.44. The van der Waals surface area contributed by atoms with Crippen molar-refractivity contribution in [3.8, 4) is 0 Å². The standard InChI is InChI=1S/C13H16N4O4/c14-16-10(18)9-4-3-8(21-9)7-17-11(19)13(15-12(17)20)5-1-2-6-13/h3-4H,1-2,5-7,14H2,(H,15,20)(H,16,18). The number of carbonyl (C=O) groups is 3. The number of hydrazine groups is 1. The number of imide groups is 1. The van der Waals surface area contributed by atoms with E-state index in [2.05, 4.69) is 5.32 Å². The summed E-state index contributed by atoms with van der Waals surface area (Å²) >= 11 is 0. The van der Waals surface area contributed by atoms with Crippen LogP contribution < -0.4 is 16.6 Å². The van der Waals surface area contributed by atoms with E-state index in [1.807, 2.05) is 5.43 Å². The van der Waals surface area contributed by atoms with E-state index >= 15 is 0 Å². The van der Waals surface area contributed by atoms with Crippen molar-refractivity contribution in [2.24, 2.45) is 5.84 Å². The summed E-state index contributed by atoms with van der Waals surface area (Å²) in [5.74, 6) is 4.62. The minimum atomic E-state index is -0.735. The first kappa shape index (κ1) is 13.6. The van der Waals surface area contributed by atoms with Gasteiger partial charge in [0.15, 0.2) is 5.76 Å². The molecule has 8 heteroatoms. The molecule has 0 bridgehead atoms. The lowest BCUT2D eigenvalue weighted by Gasteiger charge is -2.19. The van der Waals surface area contributed by atoms with E-state index in [0.717, 1.165) is 17.7 Å². The second kappa shape index (κ2) is 4.88. The Morgan fingerprint density at radius 1 is 1.38 bits per heavy atom. The number of rotatable bonds is 3. The highest BCUT2D eigenvalue weighted by molar-refractivity contribution is 6.07. The largest absolute Gasteiger partial charge is 0.454 e. The predicted octanol–water partition coefficient (Wildman–Crippen LogP) is 0.248. The first-order valence-electron chi connectivity index (χ1n) is 6.79. The maximum absolute atomic E-state index is 12.4. The fourth-order valence-electron chi connectivity index (χ4n) is 2.95. The van der Waals surface area contributed by atoms with Gasteiger partial charge in [0.2, 0.25) is 0 Å². The van der Waals surface area contributed by atoms with Crippen molar-refractivity contribution < 1.29 is 18.8 Å². The van der Waals surface area contributed by atoms with Gasteiger partial charge < -0.3 is 9.73 Å². The molecule has 1 saturated heterocycles. The Kier molecular flexibility index (Phi) is 3.17. The van der Waals surface area contributed by atoms with Crippen molar-refractivity contribution in [2.45, 2.75) is 37.8 Å². The maximum Gasteiger partial charge on any atom is 0.325 e. The van der Waals surface area contributed by atoms with E-state index in [1.165, 1.54) is 6.07 Å². The van der Waals surface area contributed by atoms with Crippen LogP contribution in [0.5, 0.6) is 0 Å². The van der Waals surface area contributed by atoms with Crippen molar-refractivity contribution in [3.05, 3.63) is 23.7 Å². The van der Waals surface area contributed by atoms with Crippen LogP contribution in [0.3, 0.4) is 0 Å². The summed E-state index contributed by atoms with van der Waals surface area (Å²) in [5.41, 5.74) is 1.22. The van der Waals surface area contributed by atoms with E-state index in [0.29, 0.717) is 18.6 Å². The average molecular weight is 292 g/mol. The third kappa shape index (κ3) is 2.17. The molecule has 0 unspecified atom stereocenters. The van der Waals surface area contributed by atoms with Crippen LogP contribution in [-0.4, -0.2) is 28.3 Å². The summed E-state index contributed by atoms with van der Waals surface area (Å²) < 4.78 is 5.28. The Labute approximate surface area is 120 Å². The number of nitrogens with one attached hydrogen (secondary N) is 2. The van der Waals surface area contributed by atoms with Crippen molar-refractivity contribution in [1.29, 1.82) is 0 Å². The summed E-state index contributed by atoms with van der Waals surface area (Å²) in [6.07, 6.45) is 3.21. The molecule has 112 valence electrons. The first-order chi connectivity index (χ1) is 10.1. The van der Waals surface area contributed by atoms with Gasteiger partial charge in [-0.25, -0.2) is 10.6 Å². The first-order valence-corrected chi connectivity index (χ1v) is 6.79. The number of hydrogen-bond donors (Lipinski definition) is 3. The minimum absolute atomic E-state index is 0.00423. The number of nitrogen functional groups attached to an aromatic ring is 1. The number of furan rings is 1. The van der Waals surface area contributed by atoms with Crippen LogP contribution in [0.2, 0.25) is 0 Å². The van der Waals surface area contributed by atoms with Gasteiger partial charge in [-0.05, 0) is 25.0 Å². The number of amides is 4. The second-order valence-corrected chi connectivity index (χ2v) is 5.35. The van der Waals surface area contributed by atoms with Gasteiger partial charge in [0.25, 0.3) is 5.91 Å². The molecule has 2 fully saturated rings. The molecule has 8 nitrogen and oxygen atoms in total. The topological polar surface area (TPSA) is 118 Å².